The minimum absolute atomic E-state index is 0.0358. The lowest BCUT2D eigenvalue weighted by molar-refractivity contribution is -0.134. The van der Waals surface area contributed by atoms with Crippen molar-refractivity contribution in [2.24, 2.45) is 5.73 Å². The monoisotopic (exact) mass is 419 g/mol. The van der Waals surface area contributed by atoms with E-state index in [-0.39, 0.29) is 21.7 Å². The predicted molar refractivity (Wildman–Crippen MR) is 91.2 cm³/mol. The molecule has 0 aliphatic carbocycles. The first kappa shape index (κ1) is 21.3. The Kier molecular flexibility index (Phi) is 6.07. The second-order valence-electron chi connectivity index (χ2n) is 5.50. The largest absolute Gasteiger partial charge is 0.467 e. The summed E-state index contributed by atoms with van der Waals surface area (Å²) in [6.07, 6.45) is -6.33. The van der Waals surface area contributed by atoms with Gasteiger partial charge in [-0.15, -0.1) is 4.31 Å². The molecule has 1 aromatic carbocycles. The number of aryl methyl sites for hydroxylation is 2. The van der Waals surface area contributed by atoms with E-state index in [0.717, 1.165) is 6.07 Å². The molecule has 0 unspecified atom stereocenters. The van der Waals surface area contributed by atoms with Crippen molar-refractivity contribution in [2.75, 3.05) is 11.4 Å². The van der Waals surface area contributed by atoms with E-state index in [1.807, 2.05) is 0 Å². The maximum atomic E-state index is 13.0. The molecular weight excluding hydrogens is 403 g/mol. The van der Waals surface area contributed by atoms with Crippen molar-refractivity contribution in [1.82, 2.24) is 15.0 Å². The number of rotatable bonds is 6. The fraction of sp³-hybridized carbons (Fsp3) is 0.333. The predicted octanol–water partition coefficient (Wildman–Crippen LogP) is 1.96. The molecule has 2 N–H and O–H groups in total. The molecule has 2 rings (SSSR count). The highest BCUT2D eigenvalue weighted by Crippen LogP contribution is 2.28. The number of benzene rings is 1. The number of hydrogen-bond donors (Lipinski definition) is 1. The number of alkyl halides is 3. The number of ether oxygens (including phenoxy) is 1. The maximum Gasteiger partial charge on any atom is 0.389 e. The van der Waals surface area contributed by atoms with E-state index in [9.17, 15) is 26.4 Å². The number of primary amides is 1. The van der Waals surface area contributed by atoms with Gasteiger partial charge in [-0.3, -0.25) is 0 Å². The topological polar surface area (TPSA) is 128 Å². The second-order valence-corrected chi connectivity index (χ2v) is 7.26. The van der Waals surface area contributed by atoms with E-state index >= 15 is 0 Å². The average molecular weight is 419 g/mol. The van der Waals surface area contributed by atoms with Gasteiger partial charge >= 0.3 is 18.2 Å². The van der Waals surface area contributed by atoms with Gasteiger partial charge in [0.1, 0.15) is 5.82 Å². The first-order valence-electron chi connectivity index (χ1n) is 7.72. The van der Waals surface area contributed by atoms with Gasteiger partial charge in [-0.2, -0.15) is 28.1 Å². The van der Waals surface area contributed by atoms with E-state index in [4.69, 9.17) is 10.5 Å². The zero-order chi connectivity index (χ0) is 21.1. The molecule has 0 bridgehead atoms. The van der Waals surface area contributed by atoms with E-state index in [0.29, 0.717) is 0 Å². The number of halogens is 3. The quantitative estimate of drug-likeness (QED) is 0.758. The minimum atomic E-state index is -4.71. The third kappa shape index (κ3) is 4.85. The van der Waals surface area contributed by atoms with Crippen molar-refractivity contribution in [3.05, 3.63) is 35.7 Å². The number of nitrogens with zero attached hydrogens (tertiary/aromatic N) is 4. The van der Waals surface area contributed by atoms with Gasteiger partial charge < -0.3 is 10.5 Å². The molecule has 152 valence electrons. The summed E-state index contributed by atoms with van der Waals surface area (Å²) in [5.74, 6) is -0.601. The normalized spacial score (nSPS) is 11.9. The van der Waals surface area contributed by atoms with Gasteiger partial charge in [0.2, 0.25) is 0 Å². The lowest BCUT2D eigenvalue weighted by Gasteiger charge is -2.20. The SMILES string of the molecule is COc1nc(C)nc(N(C(N)=O)S(=O)(=O)c2ccccc2CCC(F)(F)F)n1. The van der Waals surface area contributed by atoms with Crippen LogP contribution in [0.4, 0.5) is 23.9 Å². The van der Waals surface area contributed by atoms with Crippen molar-refractivity contribution in [1.29, 1.82) is 0 Å². The summed E-state index contributed by atoms with van der Waals surface area (Å²) in [5.41, 5.74) is 5.08. The number of nitrogens with two attached hydrogens (primary N) is 1. The number of sulfonamides is 1. The van der Waals surface area contributed by atoms with Crippen molar-refractivity contribution in [3.8, 4) is 6.01 Å². The van der Waals surface area contributed by atoms with Gasteiger partial charge in [0.05, 0.1) is 12.0 Å². The lowest BCUT2D eigenvalue weighted by Crippen LogP contribution is -2.42. The molecule has 0 aliphatic rings. The Morgan fingerprint density at radius 3 is 2.43 bits per heavy atom. The summed E-state index contributed by atoms with van der Waals surface area (Å²) < 4.78 is 68.7. The molecule has 1 aromatic heterocycles. The molecule has 0 fully saturated rings. The highest BCUT2D eigenvalue weighted by Gasteiger charge is 2.35. The third-order valence-corrected chi connectivity index (χ3v) is 5.23. The number of aromatic nitrogens is 3. The maximum absolute atomic E-state index is 13.0. The summed E-state index contributed by atoms with van der Waals surface area (Å²) in [6, 6.07) is 3.27. The van der Waals surface area contributed by atoms with Crippen LogP contribution in [0.2, 0.25) is 0 Å². The van der Waals surface area contributed by atoms with Gasteiger partial charge in [-0.25, -0.2) is 13.2 Å². The van der Waals surface area contributed by atoms with Crippen molar-refractivity contribution >= 4 is 22.0 Å². The van der Waals surface area contributed by atoms with Gasteiger partial charge in [-0.1, -0.05) is 18.2 Å². The zero-order valence-corrected chi connectivity index (χ0v) is 15.6. The molecule has 9 nitrogen and oxygen atoms in total. The molecule has 0 atom stereocenters. The lowest BCUT2D eigenvalue weighted by atomic mass is 10.1. The van der Waals surface area contributed by atoms with Gasteiger partial charge in [-0.05, 0) is 25.0 Å². The Labute approximate surface area is 158 Å². The van der Waals surface area contributed by atoms with Crippen LogP contribution in [0.15, 0.2) is 29.2 Å². The fourth-order valence-electron chi connectivity index (χ4n) is 2.29. The molecule has 13 heteroatoms. The van der Waals surface area contributed by atoms with Gasteiger partial charge in [0, 0.05) is 6.42 Å². The highest BCUT2D eigenvalue weighted by atomic mass is 32.2. The van der Waals surface area contributed by atoms with Crippen LogP contribution in [0.25, 0.3) is 0 Å². The number of urea groups is 1. The minimum Gasteiger partial charge on any atom is -0.467 e. The Hall–Kier alpha value is -2.96. The number of anilines is 1. The molecule has 0 spiro atoms. The Balaban J connectivity index is 2.57. The Morgan fingerprint density at radius 1 is 1.21 bits per heavy atom. The van der Waals surface area contributed by atoms with Crippen LogP contribution in [0.3, 0.4) is 0 Å². The number of amides is 2. The molecule has 0 saturated carbocycles. The van der Waals surface area contributed by atoms with E-state index < -0.39 is 45.9 Å². The molecule has 2 aromatic rings. The molecule has 0 radical (unpaired) electrons. The number of hydrogen-bond acceptors (Lipinski definition) is 7. The van der Waals surface area contributed by atoms with Crippen LogP contribution in [0.5, 0.6) is 6.01 Å². The smallest absolute Gasteiger partial charge is 0.389 e. The average Bonchev–Trinajstić information content (AvgIpc) is 2.58. The summed E-state index contributed by atoms with van der Waals surface area (Å²) in [7, 11) is -3.49. The van der Waals surface area contributed by atoms with Crippen LogP contribution >= 0.6 is 0 Å². The first-order chi connectivity index (χ1) is 13.0. The van der Waals surface area contributed by atoms with E-state index in [2.05, 4.69) is 15.0 Å². The van der Waals surface area contributed by atoms with E-state index in [1.54, 1.807) is 0 Å². The van der Waals surface area contributed by atoms with Gasteiger partial charge in [0.15, 0.2) is 0 Å². The van der Waals surface area contributed by atoms with Crippen LogP contribution in [0, 0.1) is 6.92 Å². The van der Waals surface area contributed by atoms with Crippen molar-refractivity contribution < 1.29 is 31.1 Å². The number of carbonyl (C=O) groups is 1. The first-order valence-corrected chi connectivity index (χ1v) is 9.16. The van der Waals surface area contributed by atoms with E-state index in [1.165, 1.54) is 32.2 Å². The summed E-state index contributed by atoms with van der Waals surface area (Å²) >= 11 is 0. The van der Waals surface area contributed by atoms with Crippen molar-refractivity contribution in [3.63, 3.8) is 0 Å². The highest BCUT2D eigenvalue weighted by molar-refractivity contribution is 7.93. The third-order valence-electron chi connectivity index (χ3n) is 3.45. The molecule has 1 heterocycles. The Morgan fingerprint density at radius 2 is 1.86 bits per heavy atom. The molecule has 2 amide bonds. The summed E-state index contributed by atoms with van der Waals surface area (Å²) in [6.45, 7) is 1.40. The molecule has 0 saturated heterocycles. The molecule has 28 heavy (non-hydrogen) atoms. The fourth-order valence-corrected chi connectivity index (χ4v) is 3.77. The van der Waals surface area contributed by atoms with Crippen LogP contribution < -0.4 is 14.8 Å². The Bertz CT molecular complexity index is 982. The van der Waals surface area contributed by atoms with Crippen LogP contribution in [-0.2, 0) is 16.4 Å². The summed E-state index contributed by atoms with van der Waals surface area (Å²) in [4.78, 5) is 22.6. The number of methoxy groups -OCH3 is 1. The second kappa shape index (κ2) is 7.96. The summed E-state index contributed by atoms with van der Waals surface area (Å²) in [5, 5.41) is 0. The standard InChI is InChI=1S/C15H16F3N5O4S/c1-9-20-13(22-14(21-9)27-2)23(12(19)24)28(25,26)11-6-4-3-5-10(11)7-8-15(16,17)18/h3-6H,7-8H2,1-2H3,(H2,19,24). The van der Waals surface area contributed by atoms with Crippen LogP contribution in [-0.4, -0.2) is 42.7 Å². The van der Waals surface area contributed by atoms with Crippen molar-refractivity contribution in [2.45, 2.75) is 30.8 Å². The van der Waals surface area contributed by atoms with Crippen LogP contribution in [0.1, 0.15) is 17.8 Å². The van der Waals surface area contributed by atoms with Gasteiger partial charge in [0.25, 0.3) is 16.0 Å². The molecule has 0 aliphatic heterocycles. The zero-order valence-electron chi connectivity index (χ0n) is 14.8. The molecular formula is C15H16F3N5O4S. The number of carbonyl (C=O) groups excluding carboxylic acids is 1.